The molecular formula is C17H27NO. The summed E-state index contributed by atoms with van der Waals surface area (Å²) in [5, 5.41) is 10.3. The summed E-state index contributed by atoms with van der Waals surface area (Å²) in [6, 6.07) is 10.6. The van der Waals surface area contributed by atoms with Gasteiger partial charge in [-0.2, -0.15) is 0 Å². The zero-order valence-corrected chi connectivity index (χ0v) is 12.5. The maximum absolute atomic E-state index is 10.3. The minimum atomic E-state index is -0.374. The first-order valence-corrected chi connectivity index (χ1v) is 7.41. The van der Waals surface area contributed by atoms with Gasteiger partial charge >= 0.3 is 0 Å². The number of rotatable bonds is 4. The summed E-state index contributed by atoms with van der Waals surface area (Å²) in [7, 11) is 2.15. The highest BCUT2D eigenvalue weighted by Crippen LogP contribution is 2.36. The van der Waals surface area contributed by atoms with Crippen molar-refractivity contribution in [1.29, 1.82) is 0 Å². The van der Waals surface area contributed by atoms with Crippen LogP contribution in [0.15, 0.2) is 30.3 Å². The summed E-state index contributed by atoms with van der Waals surface area (Å²) in [4.78, 5) is 2.34. The van der Waals surface area contributed by atoms with Gasteiger partial charge in [0.25, 0.3) is 0 Å². The summed E-state index contributed by atoms with van der Waals surface area (Å²) in [6.45, 7) is 5.46. The number of hydrogen-bond donors (Lipinski definition) is 1. The summed E-state index contributed by atoms with van der Waals surface area (Å²) < 4.78 is 0. The van der Waals surface area contributed by atoms with E-state index in [0.717, 1.165) is 12.1 Å². The van der Waals surface area contributed by atoms with Gasteiger partial charge in [-0.1, -0.05) is 44.2 Å². The molecule has 0 bridgehead atoms. The van der Waals surface area contributed by atoms with E-state index in [1.54, 1.807) is 0 Å². The summed E-state index contributed by atoms with van der Waals surface area (Å²) in [6.07, 6.45) is 4.73. The Hall–Kier alpha value is -0.860. The zero-order valence-electron chi connectivity index (χ0n) is 12.5. The van der Waals surface area contributed by atoms with E-state index in [1.165, 1.54) is 25.7 Å². The van der Waals surface area contributed by atoms with Crippen molar-refractivity contribution in [1.82, 2.24) is 4.90 Å². The van der Waals surface area contributed by atoms with Gasteiger partial charge in [0.2, 0.25) is 0 Å². The molecular weight excluding hydrogens is 234 g/mol. The predicted molar refractivity (Wildman–Crippen MR) is 80.1 cm³/mol. The Morgan fingerprint density at radius 1 is 1.21 bits per heavy atom. The first-order chi connectivity index (χ1) is 8.98. The zero-order chi connectivity index (χ0) is 13.9. The minimum Gasteiger partial charge on any atom is -0.387 e. The van der Waals surface area contributed by atoms with Crippen LogP contribution in [0.2, 0.25) is 0 Å². The predicted octanol–water partition coefficient (Wildman–Crippen LogP) is 3.62. The highest BCUT2D eigenvalue weighted by molar-refractivity contribution is 5.17. The molecule has 1 aromatic carbocycles. The molecule has 1 aliphatic carbocycles. The standard InChI is InChI=1S/C17H27NO/c1-17(2)11-9-15(10-12-17)18(3)13-16(19)14-7-5-4-6-8-14/h4-8,15-16,19H,9-13H2,1-3H3. The Kier molecular flexibility index (Phi) is 4.64. The monoisotopic (exact) mass is 261 g/mol. The van der Waals surface area contributed by atoms with Crippen molar-refractivity contribution in [3.05, 3.63) is 35.9 Å². The number of hydrogen-bond acceptors (Lipinski definition) is 2. The molecule has 0 saturated heterocycles. The highest BCUT2D eigenvalue weighted by Gasteiger charge is 2.29. The fraction of sp³-hybridized carbons (Fsp3) is 0.647. The molecule has 0 aliphatic heterocycles. The normalized spacial score (nSPS) is 21.5. The number of aliphatic hydroxyl groups is 1. The van der Waals surface area contributed by atoms with Crippen LogP contribution in [0.5, 0.6) is 0 Å². The van der Waals surface area contributed by atoms with Gasteiger partial charge in [-0.3, -0.25) is 0 Å². The van der Waals surface area contributed by atoms with E-state index >= 15 is 0 Å². The molecule has 0 spiro atoms. The molecule has 1 atom stereocenters. The lowest BCUT2D eigenvalue weighted by atomic mass is 9.75. The van der Waals surface area contributed by atoms with Crippen LogP contribution in [0.1, 0.15) is 51.2 Å². The second kappa shape index (κ2) is 6.06. The molecule has 0 heterocycles. The first-order valence-electron chi connectivity index (χ1n) is 7.41. The van der Waals surface area contributed by atoms with Crippen LogP contribution in [-0.4, -0.2) is 29.6 Å². The van der Waals surface area contributed by atoms with E-state index in [0.29, 0.717) is 11.5 Å². The van der Waals surface area contributed by atoms with Crippen molar-refractivity contribution in [2.75, 3.05) is 13.6 Å². The number of benzene rings is 1. The quantitative estimate of drug-likeness (QED) is 0.895. The molecule has 2 nitrogen and oxygen atoms in total. The molecule has 1 saturated carbocycles. The lowest BCUT2D eigenvalue weighted by molar-refractivity contribution is 0.0722. The Labute approximate surface area is 117 Å². The fourth-order valence-corrected chi connectivity index (χ4v) is 3.03. The van der Waals surface area contributed by atoms with Crippen LogP contribution in [0, 0.1) is 5.41 Å². The van der Waals surface area contributed by atoms with Gasteiger partial charge in [0.1, 0.15) is 0 Å². The third-order valence-electron chi connectivity index (χ3n) is 4.58. The largest absolute Gasteiger partial charge is 0.387 e. The van der Waals surface area contributed by atoms with Gasteiger partial charge in [-0.25, -0.2) is 0 Å². The molecule has 1 aliphatic rings. The third kappa shape index (κ3) is 4.05. The van der Waals surface area contributed by atoms with Crippen LogP contribution in [0.3, 0.4) is 0 Å². The van der Waals surface area contributed by atoms with Gasteiger partial charge in [-0.15, -0.1) is 0 Å². The number of aliphatic hydroxyl groups excluding tert-OH is 1. The van der Waals surface area contributed by atoms with Crippen LogP contribution in [0.4, 0.5) is 0 Å². The summed E-state index contributed by atoms with van der Waals surface area (Å²) in [5.74, 6) is 0. The van der Waals surface area contributed by atoms with Crippen molar-refractivity contribution in [3.8, 4) is 0 Å². The molecule has 2 rings (SSSR count). The molecule has 1 unspecified atom stereocenters. The topological polar surface area (TPSA) is 23.5 Å². The van der Waals surface area contributed by atoms with Crippen molar-refractivity contribution in [2.45, 2.75) is 51.7 Å². The molecule has 1 N–H and O–H groups in total. The SMILES string of the molecule is CN(CC(O)c1ccccc1)C1CCC(C)(C)CC1. The van der Waals surface area contributed by atoms with Crippen LogP contribution < -0.4 is 0 Å². The second-order valence-electron chi connectivity index (χ2n) is 6.76. The van der Waals surface area contributed by atoms with Crippen LogP contribution >= 0.6 is 0 Å². The van der Waals surface area contributed by atoms with Crippen LogP contribution in [0.25, 0.3) is 0 Å². The summed E-state index contributed by atoms with van der Waals surface area (Å²) >= 11 is 0. The Balaban J connectivity index is 1.86. The molecule has 19 heavy (non-hydrogen) atoms. The first kappa shape index (κ1) is 14.5. The molecule has 2 heteroatoms. The number of nitrogens with zero attached hydrogens (tertiary/aromatic N) is 1. The van der Waals surface area contributed by atoms with Gasteiger partial charge in [0.15, 0.2) is 0 Å². The summed E-state index contributed by atoms with van der Waals surface area (Å²) in [5.41, 5.74) is 1.53. The Morgan fingerprint density at radius 2 is 1.79 bits per heavy atom. The average Bonchev–Trinajstić information content (AvgIpc) is 2.39. The maximum atomic E-state index is 10.3. The van der Waals surface area contributed by atoms with E-state index in [2.05, 4.69) is 25.8 Å². The maximum Gasteiger partial charge on any atom is 0.0916 e. The van der Waals surface area contributed by atoms with E-state index in [9.17, 15) is 5.11 Å². The van der Waals surface area contributed by atoms with Crippen molar-refractivity contribution >= 4 is 0 Å². The van der Waals surface area contributed by atoms with Gasteiger partial charge in [0, 0.05) is 12.6 Å². The minimum absolute atomic E-state index is 0.374. The lowest BCUT2D eigenvalue weighted by Crippen LogP contribution is -2.39. The van der Waals surface area contributed by atoms with Gasteiger partial charge in [0.05, 0.1) is 6.10 Å². The van der Waals surface area contributed by atoms with Crippen molar-refractivity contribution in [3.63, 3.8) is 0 Å². The Bertz CT molecular complexity index is 378. The Morgan fingerprint density at radius 3 is 2.37 bits per heavy atom. The lowest BCUT2D eigenvalue weighted by Gasteiger charge is -2.39. The van der Waals surface area contributed by atoms with E-state index < -0.39 is 0 Å². The molecule has 0 aromatic heterocycles. The highest BCUT2D eigenvalue weighted by atomic mass is 16.3. The number of likely N-dealkylation sites (N-methyl/N-ethyl adjacent to an activating group) is 1. The van der Waals surface area contributed by atoms with Crippen molar-refractivity contribution < 1.29 is 5.11 Å². The van der Waals surface area contributed by atoms with E-state index in [4.69, 9.17) is 0 Å². The van der Waals surface area contributed by atoms with E-state index in [-0.39, 0.29) is 6.10 Å². The second-order valence-corrected chi connectivity index (χ2v) is 6.76. The van der Waals surface area contributed by atoms with Gasteiger partial charge in [-0.05, 0) is 43.7 Å². The molecule has 106 valence electrons. The smallest absolute Gasteiger partial charge is 0.0916 e. The van der Waals surface area contributed by atoms with Crippen molar-refractivity contribution in [2.24, 2.45) is 5.41 Å². The molecule has 0 amide bonds. The molecule has 1 aromatic rings. The molecule has 1 fully saturated rings. The fourth-order valence-electron chi connectivity index (χ4n) is 3.03. The van der Waals surface area contributed by atoms with Crippen LogP contribution in [-0.2, 0) is 0 Å². The average molecular weight is 261 g/mol. The van der Waals surface area contributed by atoms with Gasteiger partial charge < -0.3 is 10.0 Å². The van der Waals surface area contributed by atoms with E-state index in [1.807, 2.05) is 30.3 Å². The molecule has 0 radical (unpaired) electrons. The third-order valence-corrected chi connectivity index (χ3v) is 4.58.